The van der Waals surface area contributed by atoms with Gasteiger partial charge >= 0.3 is 5.97 Å². The smallest absolute Gasteiger partial charge is 0.332 e. The molecule has 0 aliphatic carbocycles. The van der Waals surface area contributed by atoms with Crippen LogP contribution in [0.15, 0.2) is 27.4 Å². The lowest BCUT2D eigenvalue weighted by Crippen LogP contribution is -2.14. The molecule has 0 amide bonds. The number of nitrogens with zero attached hydrogens (tertiary/aromatic N) is 2. The van der Waals surface area contributed by atoms with Crippen LogP contribution in [0, 0.1) is 0 Å². The Balaban J connectivity index is 0.000000771. The van der Waals surface area contributed by atoms with Gasteiger partial charge in [-0.1, -0.05) is 13.8 Å². The summed E-state index contributed by atoms with van der Waals surface area (Å²) in [4.78, 5) is 19.1. The zero-order valence-corrected chi connectivity index (χ0v) is 11.7. The number of aliphatic imine (C=N–C) groups is 1. The van der Waals surface area contributed by atoms with E-state index in [-0.39, 0.29) is 17.8 Å². The zero-order valence-electron chi connectivity index (χ0n) is 10.1. The van der Waals surface area contributed by atoms with Crippen molar-refractivity contribution in [1.82, 2.24) is 4.98 Å². The molecule has 0 unspecified atom stereocenters. The summed E-state index contributed by atoms with van der Waals surface area (Å²) in [6.07, 6.45) is 3.24. The van der Waals surface area contributed by atoms with E-state index in [1.54, 1.807) is 18.3 Å². The number of fused-ring (bicyclic) bond motifs is 1. The first-order chi connectivity index (χ1) is 8.56. The van der Waals surface area contributed by atoms with Crippen molar-refractivity contribution in [3.63, 3.8) is 0 Å². The molecule has 0 aromatic carbocycles. The van der Waals surface area contributed by atoms with Crippen LogP contribution in [0.4, 0.5) is 5.69 Å². The van der Waals surface area contributed by atoms with Crippen molar-refractivity contribution < 1.29 is 9.90 Å². The van der Waals surface area contributed by atoms with Gasteiger partial charge in [-0.15, -0.1) is 0 Å². The van der Waals surface area contributed by atoms with Gasteiger partial charge in [0.2, 0.25) is 0 Å². The summed E-state index contributed by atoms with van der Waals surface area (Å²) in [5.74, 6) is -0.709. The Morgan fingerprint density at radius 2 is 2.17 bits per heavy atom. The number of amidine groups is 1. The Labute approximate surface area is 114 Å². The van der Waals surface area contributed by atoms with Gasteiger partial charge in [0.05, 0.1) is 5.69 Å². The number of carbonyl (C=O) groups is 1. The molecular weight excluding hydrogens is 298 g/mol. The molecular formula is C12H14BrN3O2. The fourth-order valence-electron chi connectivity index (χ4n) is 1.40. The summed E-state index contributed by atoms with van der Waals surface area (Å²) in [6.45, 7) is 4.00. The van der Waals surface area contributed by atoms with Crippen molar-refractivity contribution in [2.75, 3.05) is 0 Å². The Morgan fingerprint density at radius 3 is 2.78 bits per heavy atom. The lowest BCUT2D eigenvalue weighted by atomic mass is 10.1. The third-order valence-electron chi connectivity index (χ3n) is 2.12. The fraction of sp³-hybridized carbons (Fsp3) is 0.250. The molecule has 5 nitrogen and oxygen atoms in total. The summed E-state index contributed by atoms with van der Waals surface area (Å²) < 4.78 is 0.634. The maximum Gasteiger partial charge on any atom is 0.332 e. The van der Waals surface area contributed by atoms with Crippen LogP contribution < -0.4 is 5.73 Å². The molecule has 0 saturated carbocycles. The summed E-state index contributed by atoms with van der Waals surface area (Å²) in [5.41, 5.74) is 7.12. The minimum absolute atomic E-state index is 0.141. The van der Waals surface area contributed by atoms with Gasteiger partial charge < -0.3 is 10.8 Å². The quantitative estimate of drug-likeness (QED) is 0.780. The first-order valence-electron chi connectivity index (χ1n) is 5.48. The molecule has 18 heavy (non-hydrogen) atoms. The predicted molar refractivity (Wildman–Crippen MR) is 74.8 cm³/mol. The van der Waals surface area contributed by atoms with Crippen molar-refractivity contribution in [3.05, 3.63) is 28.0 Å². The second-order valence-corrected chi connectivity index (χ2v) is 4.13. The maximum absolute atomic E-state index is 10.9. The fourth-order valence-corrected chi connectivity index (χ4v) is 1.72. The van der Waals surface area contributed by atoms with Gasteiger partial charge in [0.15, 0.2) is 0 Å². The third kappa shape index (κ3) is 3.40. The van der Waals surface area contributed by atoms with Crippen LogP contribution in [0.5, 0.6) is 0 Å². The van der Waals surface area contributed by atoms with Crippen molar-refractivity contribution in [2.45, 2.75) is 20.3 Å². The summed E-state index contributed by atoms with van der Waals surface area (Å²) in [6, 6.07) is 1.70. The standard InChI is InChI=1S/C10H8BrN3O2.C2H6/c11-8-3-7-6(4-13-8)1-5(10(15)16)2-9(12)14-7;1-2/h1,3-4H,2H2,(H2,12,14)(H,15,16);1-2H3. The van der Waals surface area contributed by atoms with E-state index < -0.39 is 5.97 Å². The number of hydrogen-bond donors (Lipinski definition) is 2. The number of halogens is 1. The molecule has 0 saturated heterocycles. The number of rotatable bonds is 1. The predicted octanol–water partition coefficient (Wildman–Crippen LogP) is 2.73. The van der Waals surface area contributed by atoms with Crippen molar-refractivity contribution in [3.8, 4) is 0 Å². The Bertz CT molecular complexity index is 524. The number of carboxylic acids is 1. The monoisotopic (exact) mass is 311 g/mol. The summed E-state index contributed by atoms with van der Waals surface area (Å²) in [7, 11) is 0. The van der Waals surface area contributed by atoms with Crippen molar-refractivity contribution in [2.24, 2.45) is 10.7 Å². The van der Waals surface area contributed by atoms with E-state index >= 15 is 0 Å². The van der Waals surface area contributed by atoms with Crippen LogP contribution in [0.1, 0.15) is 25.8 Å². The highest BCUT2D eigenvalue weighted by atomic mass is 79.9. The summed E-state index contributed by atoms with van der Waals surface area (Å²) >= 11 is 3.22. The van der Waals surface area contributed by atoms with Crippen molar-refractivity contribution >= 4 is 39.5 Å². The van der Waals surface area contributed by atoms with Gasteiger partial charge in [-0.05, 0) is 28.1 Å². The van der Waals surface area contributed by atoms with Gasteiger partial charge in [0.1, 0.15) is 10.4 Å². The molecule has 0 spiro atoms. The van der Waals surface area contributed by atoms with E-state index in [2.05, 4.69) is 25.9 Å². The van der Waals surface area contributed by atoms with Gasteiger partial charge in [0, 0.05) is 23.8 Å². The van der Waals surface area contributed by atoms with E-state index in [4.69, 9.17) is 10.8 Å². The minimum Gasteiger partial charge on any atom is -0.478 e. The first kappa shape index (κ1) is 14.4. The van der Waals surface area contributed by atoms with Crippen LogP contribution in [0.2, 0.25) is 0 Å². The average molecular weight is 312 g/mol. The molecule has 1 aliphatic rings. The number of carboxylic acid groups (broad SMARTS) is 1. The Kier molecular flexibility index (Phi) is 5.03. The highest BCUT2D eigenvalue weighted by Crippen LogP contribution is 2.27. The van der Waals surface area contributed by atoms with Crippen LogP contribution in [-0.4, -0.2) is 21.9 Å². The van der Waals surface area contributed by atoms with Crippen LogP contribution in [0.3, 0.4) is 0 Å². The maximum atomic E-state index is 10.9. The molecule has 0 bridgehead atoms. The van der Waals surface area contributed by atoms with Crippen LogP contribution >= 0.6 is 15.9 Å². The largest absolute Gasteiger partial charge is 0.478 e. The van der Waals surface area contributed by atoms with E-state index in [1.807, 2.05) is 13.8 Å². The van der Waals surface area contributed by atoms with Gasteiger partial charge in [-0.3, -0.25) is 0 Å². The first-order valence-corrected chi connectivity index (χ1v) is 6.28. The molecule has 1 aromatic heterocycles. The summed E-state index contributed by atoms with van der Waals surface area (Å²) in [5, 5.41) is 8.95. The molecule has 0 atom stereocenters. The SMILES string of the molecule is CC.NC1=Nc2cc(Br)ncc2C=C(C(=O)O)C1. The molecule has 1 aliphatic heterocycles. The van der Waals surface area contributed by atoms with E-state index in [9.17, 15) is 4.79 Å². The third-order valence-corrected chi connectivity index (χ3v) is 2.55. The molecule has 3 N–H and O–H groups in total. The van der Waals surface area contributed by atoms with Gasteiger partial charge in [-0.2, -0.15) is 0 Å². The molecule has 0 fully saturated rings. The number of aliphatic carboxylic acids is 1. The lowest BCUT2D eigenvalue weighted by Gasteiger charge is -1.99. The number of pyridine rings is 1. The topological polar surface area (TPSA) is 88.6 Å². The lowest BCUT2D eigenvalue weighted by molar-refractivity contribution is -0.132. The van der Waals surface area contributed by atoms with Gasteiger partial charge in [-0.25, -0.2) is 14.8 Å². The van der Waals surface area contributed by atoms with E-state index in [0.29, 0.717) is 15.9 Å². The second kappa shape index (κ2) is 6.30. The highest BCUT2D eigenvalue weighted by molar-refractivity contribution is 9.10. The van der Waals surface area contributed by atoms with E-state index in [0.717, 1.165) is 0 Å². The average Bonchev–Trinajstić information content (AvgIpc) is 2.49. The molecule has 2 rings (SSSR count). The van der Waals surface area contributed by atoms with Gasteiger partial charge in [0.25, 0.3) is 0 Å². The van der Waals surface area contributed by atoms with Crippen LogP contribution in [0.25, 0.3) is 6.08 Å². The Hall–Kier alpha value is -1.69. The van der Waals surface area contributed by atoms with Crippen LogP contribution in [-0.2, 0) is 4.79 Å². The Morgan fingerprint density at radius 1 is 1.50 bits per heavy atom. The van der Waals surface area contributed by atoms with Crippen molar-refractivity contribution in [1.29, 1.82) is 0 Å². The number of aromatic nitrogens is 1. The normalized spacial score (nSPS) is 13.3. The highest BCUT2D eigenvalue weighted by Gasteiger charge is 2.15. The number of nitrogens with two attached hydrogens (primary N) is 1. The zero-order chi connectivity index (χ0) is 13.7. The molecule has 6 heteroatoms. The van der Waals surface area contributed by atoms with E-state index in [1.165, 1.54) is 0 Å². The second-order valence-electron chi connectivity index (χ2n) is 3.32. The molecule has 96 valence electrons. The minimum atomic E-state index is -0.992. The molecule has 2 heterocycles. The number of hydrogen-bond acceptors (Lipinski definition) is 4. The molecule has 0 radical (unpaired) electrons. The molecule has 1 aromatic rings.